The molecule has 0 atom stereocenters. The normalized spacial score (nSPS) is 14.4. The van der Waals surface area contributed by atoms with E-state index in [1.807, 2.05) is 18.5 Å². The van der Waals surface area contributed by atoms with Gasteiger partial charge in [0.25, 0.3) is 0 Å². The lowest BCUT2D eigenvalue weighted by Gasteiger charge is -2.29. The molecule has 1 saturated heterocycles. The van der Waals surface area contributed by atoms with Gasteiger partial charge in [0.05, 0.1) is 19.0 Å². The molecule has 146 valence electrons. The van der Waals surface area contributed by atoms with E-state index in [1.54, 1.807) is 22.6 Å². The molecule has 28 heavy (non-hydrogen) atoms. The molecule has 0 radical (unpaired) electrons. The van der Waals surface area contributed by atoms with Crippen LogP contribution in [-0.4, -0.2) is 59.9 Å². The van der Waals surface area contributed by atoms with Crippen molar-refractivity contribution in [2.45, 2.75) is 11.6 Å². The van der Waals surface area contributed by atoms with E-state index in [1.165, 1.54) is 17.4 Å². The van der Waals surface area contributed by atoms with E-state index in [4.69, 9.17) is 4.74 Å². The summed E-state index contributed by atoms with van der Waals surface area (Å²) in [7, 11) is 1.85. The number of thiophene rings is 1. The Kier molecular flexibility index (Phi) is 6.09. The van der Waals surface area contributed by atoms with Gasteiger partial charge in [-0.25, -0.2) is 9.97 Å². The summed E-state index contributed by atoms with van der Waals surface area (Å²) < 4.78 is 5.40. The Balaban J connectivity index is 1.32. The maximum Gasteiger partial charge on any atom is 0.233 e. The summed E-state index contributed by atoms with van der Waals surface area (Å²) in [6, 6.07) is 10.5. The summed E-state index contributed by atoms with van der Waals surface area (Å²) >= 11 is 3.05. The van der Waals surface area contributed by atoms with Crippen LogP contribution in [0.5, 0.6) is 0 Å². The van der Waals surface area contributed by atoms with Gasteiger partial charge < -0.3 is 14.5 Å². The first-order valence-corrected chi connectivity index (χ1v) is 11.0. The van der Waals surface area contributed by atoms with Crippen molar-refractivity contribution in [1.29, 1.82) is 0 Å². The number of nitrogens with zero attached hydrogens (tertiary/aromatic N) is 4. The second-order valence-electron chi connectivity index (χ2n) is 6.62. The highest BCUT2D eigenvalue weighted by Crippen LogP contribution is 2.27. The van der Waals surface area contributed by atoms with Gasteiger partial charge in [-0.15, -0.1) is 11.3 Å². The summed E-state index contributed by atoms with van der Waals surface area (Å²) in [6.07, 6.45) is 1.56. The zero-order chi connectivity index (χ0) is 19.3. The minimum atomic E-state index is 0.0873. The third-order valence-corrected chi connectivity index (χ3v) is 6.53. The van der Waals surface area contributed by atoms with E-state index in [9.17, 15) is 4.79 Å². The lowest BCUT2D eigenvalue weighted by Crippen LogP contribution is -2.36. The maximum absolute atomic E-state index is 12.6. The van der Waals surface area contributed by atoms with Crippen LogP contribution in [0.2, 0.25) is 0 Å². The van der Waals surface area contributed by atoms with E-state index >= 15 is 0 Å². The standard InChI is InChI=1S/C20H22N4O2S2/c1-23(12-15-2-4-16(5-3-15)24-7-9-26-10-8-24)18(25)13-28-20-17-6-11-27-19(17)21-14-22-20/h2-6,11,14H,7-10,12-13H2,1H3. The summed E-state index contributed by atoms with van der Waals surface area (Å²) in [4.78, 5) is 26.2. The van der Waals surface area contributed by atoms with Gasteiger partial charge in [-0.2, -0.15) is 0 Å². The number of carbonyl (C=O) groups excluding carboxylic acids is 1. The molecular weight excluding hydrogens is 392 g/mol. The summed E-state index contributed by atoms with van der Waals surface area (Å²) in [5.74, 6) is 0.453. The Morgan fingerprint density at radius 1 is 1.21 bits per heavy atom. The smallest absolute Gasteiger partial charge is 0.233 e. The molecule has 0 aliphatic carbocycles. The Hall–Kier alpha value is -2.16. The molecule has 0 N–H and O–H groups in total. The van der Waals surface area contributed by atoms with Crippen LogP contribution in [0.3, 0.4) is 0 Å². The van der Waals surface area contributed by atoms with Gasteiger partial charge in [0.2, 0.25) is 5.91 Å². The van der Waals surface area contributed by atoms with E-state index in [0.717, 1.165) is 47.1 Å². The molecule has 0 spiro atoms. The average Bonchev–Trinajstić information content (AvgIpc) is 3.22. The molecule has 1 fully saturated rings. The van der Waals surface area contributed by atoms with Crippen LogP contribution in [0.15, 0.2) is 47.1 Å². The molecule has 1 aromatic carbocycles. The first kappa shape index (κ1) is 19.2. The largest absolute Gasteiger partial charge is 0.378 e. The lowest BCUT2D eigenvalue weighted by molar-refractivity contribution is -0.127. The van der Waals surface area contributed by atoms with Crippen LogP contribution in [0.4, 0.5) is 5.69 Å². The molecular formula is C20H22N4O2S2. The van der Waals surface area contributed by atoms with E-state index in [2.05, 4.69) is 39.1 Å². The molecule has 3 aromatic rings. The van der Waals surface area contributed by atoms with E-state index in [0.29, 0.717) is 12.3 Å². The third-order valence-electron chi connectivity index (χ3n) is 4.72. The van der Waals surface area contributed by atoms with Gasteiger partial charge in [0.1, 0.15) is 16.2 Å². The zero-order valence-electron chi connectivity index (χ0n) is 15.7. The fraction of sp³-hybridized carbons (Fsp3) is 0.350. The first-order chi connectivity index (χ1) is 13.7. The van der Waals surface area contributed by atoms with Gasteiger partial charge in [-0.1, -0.05) is 23.9 Å². The number of fused-ring (bicyclic) bond motifs is 1. The number of rotatable bonds is 6. The van der Waals surface area contributed by atoms with E-state index in [-0.39, 0.29) is 5.91 Å². The van der Waals surface area contributed by atoms with Crippen molar-refractivity contribution in [1.82, 2.24) is 14.9 Å². The molecule has 1 aliphatic heterocycles. The average molecular weight is 415 g/mol. The number of thioether (sulfide) groups is 1. The zero-order valence-corrected chi connectivity index (χ0v) is 17.3. The van der Waals surface area contributed by atoms with Crippen molar-refractivity contribution in [2.24, 2.45) is 0 Å². The van der Waals surface area contributed by atoms with Gasteiger partial charge in [0, 0.05) is 37.8 Å². The number of hydrogen-bond donors (Lipinski definition) is 0. The van der Waals surface area contributed by atoms with Crippen molar-refractivity contribution in [3.63, 3.8) is 0 Å². The molecule has 6 nitrogen and oxygen atoms in total. The highest BCUT2D eigenvalue weighted by Gasteiger charge is 2.14. The summed E-state index contributed by atoms with van der Waals surface area (Å²) in [6.45, 7) is 4.01. The van der Waals surface area contributed by atoms with Crippen LogP contribution in [-0.2, 0) is 16.1 Å². The van der Waals surface area contributed by atoms with Crippen LogP contribution in [0.25, 0.3) is 10.2 Å². The summed E-state index contributed by atoms with van der Waals surface area (Å²) in [5, 5.41) is 3.88. The van der Waals surface area contributed by atoms with Crippen LogP contribution in [0, 0.1) is 0 Å². The molecule has 8 heteroatoms. The second-order valence-corrected chi connectivity index (χ2v) is 8.48. The number of amides is 1. The lowest BCUT2D eigenvalue weighted by atomic mass is 10.2. The predicted octanol–water partition coefficient (Wildman–Crippen LogP) is 3.28. The molecule has 1 amide bonds. The minimum Gasteiger partial charge on any atom is -0.378 e. The molecule has 0 unspecified atom stereocenters. The number of anilines is 1. The fourth-order valence-corrected chi connectivity index (χ4v) is 4.84. The monoisotopic (exact) mass is 414 g/mol. The highest BCUT2D eigenvalue weighted by atomic mass is 32.2. The predicted molar refractivity (Wildman–Crippen MR) is 114 cm³/mol. The number of ether oxygens (including phenoxy) is 1. The number of hydrogen-bond acceptors (Lipinski definition) is 7. The number of benzene rings is 1. The van der Waals surface area contributed by atoms with Crippen molar-refractivity contribution >= 4 is 44.9 Å². The van der Waals surface area contributed by atoms with Gasteiger partial charge in [-0.05, 0) is 29.1 Å². The maximum atomic E-state index is 12.6. The van der Waals surface area contributed by atoms with E-state index < -0.39 is 0 Å². The number of morpholine rings is 1. The Morgan fingerprint density at radius 2 is 2.00 bits per heavy atom. The Morgan fingerprint density at radius 3 is 2.79 bits per heavy atom. The van der Waals surface area contributed by atoms with Crippen LogP contribution in [0.1, 0.15) is 5.56 Å². The van der Waals surface area contributed by atoms with Crippen LogP contribution >= 0.6 is 23.1 Å². The van der Waals surface area contributed by atoms with Gasteiger partial charge in [-0.3, -0.25) is 4.79 Å². The minimum absolute atomic E-state index is 0.0873. The quantitative estimate of drug-likeness (QED) is 0.456. The first-order valence-electron chi connectivity index (χ1n) is 9.17. The van der Waals surface area contributed by atoms with Crippen molar-refractivity contribution in [3.05, 3.63) is 47.6 Å². The Labute approximate surface area is 172 Å². The van der Waals surface area contributed by atoms with Crippen molar-refractivity contribution in [3.8, 4) is 0 Å². The second kappa shape index (κ2) is 8.89. The Bertz CT molecular complexity index is 939. The van der Waals surface area contributed by atoms with Gasteiger partial charge >= 0.3 is 0 Å². The number of carbonyl (C=O) groups is 1. The van der Waals surface area contributed by atoms with Crippen molar-refractivity contribution in [2.75, 3.05) is 44.0 Å². The topological polar surface area (TPSA) is 58.6 Å². The number of aromatic nitrogens is 2. The SMILES string of the molecule is CN(Cc1ccc(N2CCOCC2)cc1)C(=O)CSc1ncnc2sccc12. The molecule has 0 bridgehead atoms. The molecule has 4 rings (SSSR count). The molecule has 0 saturated carbocycles. The fourth-order valence-electron chi connectivity index (χ4n) is 3.12. The van der Waals surface area contributed by atoms with Crippen molar-refractivity contribution < 1.29 is 9.53 Å². The molecule has 3 heterocycles. The highest BCUT2D eigenvalue weighted by molar-refractivity contribution is 8.00. The third kappa shape index (κ3) is 4.45. The van der Waals surface area contributed by atoms with Gasteiger partial charge in [0.15, 0.2) is 0 Å². The molecule has 1 aliphatic rings. The van der Waals surface area contributed by atoms with Crippen LogP contribution < -0.4 is 4.90 Å². The summed E-state index contributed by atoms with van der Waals surface area (Å²) in [5.41, 5.74) is 2.33. The molecule has 2 aromatic heterocycles.